The standard InChI is InChI=1S/C14H26N2O/c1-14(2,3)16-9-13(17)15-8-12-7-10-4-5-11(12)6-10/h10-12,16H,4-9H2,1-3H3,(H,15,17). The van der Waals surface area contributed by atoms with Crippen molar-refractivity contribution in [2.75, 3.05) is 13.1 Å². The van der Waals surface area contributed by atoms with Crippen LogP contribution in [0.3, 0.4) is 0 Å². The lowest BCUT2D eigenvalue weighted by Crippen LogP contribution is -2.44. The Bertz CT molecular complexity index is 282. The van der Waals surface area contributed by atoms with E-state index in [1.54, 1.807) is 0 Å². The van der Waals surface area contributed by atoms with Gasteiger partial charge in [0.25, 0.3) is 0 Å². The van der Waals surface area contributed by atoms with E-state index in [0.29, 0.717) is 6.54 Å². The van der Waals surface area contributed by atoms with Gasteiger partial charge in [-0.25, -0.2) is 0 Å². The van der Waals surface area contributed by atoms with E-state index in [1.165, 1.54) is 25.7 Å². The monoisotopic (exact) mass is 238 g/mol. The molecule has 17 heavy (non-hydrogen) atoms. The van der Waals surface area contributed by atoms with E-state index in [4.69, 9.17) is 0 Å². The first kappa shape index (κ1) is 12.9. The maximum atomic E-state index is 11.7. The van der Waals surface area contributed by atoms with E-state index in [-0.39, 0.29) is 11.4 Å². The third kappa shape index (κ3) is 3.70. The smallest absolute Gasteiger partial charge is 0.233 e. The quantitative estimate of drug-likeness (QED) is 0.786. The number of carbonyl (C=O) groups excluding carboxylic acids is 1. The highest BCUT2D eigenvalue weighted by Crippen LogP contribution is 2.47. The van der Waals surface area contributed by atoms with Crippen molar-refractivity contribution in [2.45, 2.75) is 52.0 Å². The molecule has 0 heterocycles. The van der Waals surface area contributed by atoms with Crippen LogP contribution < -0.4 is 10.6 Å². The summed E-state index contributed by atoms with van der Waals surface area (Å²) in [6.45, 7) is 7.57. The van der Waals surface area contributed by atoms with Crippen LogP contribution in [-0.2, 0) is 4.79 Å². The fourth-order valence-electron chi connectivity index (χ4n) is 3.28. The average Bonchev–Trinajstić information content (AvgIpc) is 2.84. The topological polar surface area (TPSA) is 41.1 Å². The molecule has 2 aliphatic carbocycles. The normalized spacial score (nSPS) is 31.8. The van der Waals surface area contributed by atoms with E-state index in [0.717, 1.165) is 24.3 Å². The van der Waals surface area contributed by atoms with Gasteiger partial charge in [-0.15, -0.1) is 0 Å². The minimum atomic E-state index is 0.0176. The number of rotatable bonds is 4. The molecule has 2 bridgehead atoms. The molecular formula is C14H26N2O. The van der Waals surface area contributed by atoms with Gasteiger partial charge in [-0.05, 0) is 57.8 Å². The molecule has 3 nitrogen and oxygen atoms in total. The van der Waals surface area contributed by atoms with E-state index >= 15 is 0 Å². The Morgan fingerprint density at radius 1 is 1.24 bits per heavy atom. The predicted molar refractivity (Wildman–Crippen MR) is 69.7 cm³/mol. The minimum Gasteiger partial charge on any atom is -0.355 e. The number of fused-ring (bicyclic) bond motifs is 2. The Kier molecular flexibility index (Phi) is 3.76. The number of hydrogen-bond acceptors (Lipinski definition) is 2. The van der Waals surface area contributed by atoms with Crippen molar-refractivity contribution in [3.63, 3.8) is 0 Å². The Morgan fingerprint density at radius 3 is 2.53 bits per heavy atom. The molecule has 0 radical (unpaired) electrons. The summed E-state index contributed by atoms with van der Waals surface area (Å²) in [6.07, 6.45) is 5.59. The van der Waals surface area contributed by atoms with Crippen LogP contribution in [0.5, 0.6) is 0 Å². The van der Waals surface area contributed by atoms with Crippen molar-refractivity contribution in [3.8, 4) is 0 Å². The first-order valence-electron chi connectivity index (χ1n) is 6.96. The van der Waals surface area contributed by atoms with Gasteiger partial charge in [-0.1, -0.05) is 6.42 Å². The van der Waals surface area contributed by atoms with Gasteiger partial charge in [0.15, 0.2) is 0 Å². The lowest BCUT2D eigenvalue weighted by molar-refractivity contribution is -0.120. The molecule has 3 heteroatoms. The molecule has 3 unspecified atom stereocenters. The SMILES string of the molecule is CC(C)(C)NCC(=O)NCC1CC2CCC1C2. The molecule has 3 atom stereocenters. The highest BCUT2D eigenvalue weighted by molar-refractivity contribution is 5.78. The predicted octanol–water partition coefficient (Wildman–Crippen LogP) is 1.93. The van der Waals surface area contributed by atoms with Crippen molar-refractivity contribution in [2.24, 2.45) is 17.8 Å². The lowest BCUT2D eigenvalue weighted by atomic mass is 9.89. The molecule has 98 valence electrons. The summed E-state index contributed by atoms with van der Waals surface area (Å²) in [5.74, 6) is 2.76. The zero-order chi connectivity index (χ0) is 12.5. The molecule has 0 aromatic rings. The second-order valence-electron chi connectivity index (χ2n) is 6.84. The molecule has 2 saturated carbocycles. The van der Waals surface area contributed by atoms with Crippen molar-refractivity contribution in [3.05, 3.63) is 0 Å². The van der Waals surface area contributed by atoms with Gasteiger partial charge in [0.1, 0.15) is 0 Å². The Labute approximate surface area is 105 Å². The maximum Gasteiger partial charge on any atom is 0.233 e. The Balaban J connectivity index is 1.63. The van der Waals surface area contributed by atoms with Crippen LogP contribution in [0.2, 0.25) is 0 Å². The summed E-state index contributed by atoms with van der Waals surface area (Å²) in [5.41, 5.74) is 0.0176. The summed E-state index contributed by atoms with van der Waals surface area (Å²) in [7, 11) is 0. The molecule has 1 amide bonds. The van der Waals surface area contributed by atoms with Crippen LogP contribution in [0.1, 0.15) is 46.5 Å². The van der Waals surface area contributed by atoms with Crippen molar-refractivity contribution >= 4 is 5.91 Å². The first-order chi connectivity index (χ1) is 7.94. The lowest BCUT2D eigenvalue weighted by Gasteiger charge is -2.23. The Morgan fingerprint density at radius 2 is 2.00 bits per heavy atom. The third-order valence-electron chi connectivity index (χ3n) is 4.23. The van der Waals surface area contributed by atoms with E-state index < -0.39 is 0 Å². The van der Waals surface area contributed by atoms with Crippen LogP contribution in [-0.4, -0.2) is 24.5 Å². The van der Waals surface area contributed by atoms with Crippen LogP contribution in [0, 0.1) is 17.8 Å². The van der Waals surface area contributed by atoms with Gasteiger partial charge < -0.3 is 10.6 Å². The van der Waals surface area contributed by atoms with E-state index in [1.807, 2.05) is 0 Å². The third-order valence-corrected chi connectivity index (χ3v) is 4.23. The fourth-order valence-corrected chi connectivity index (χ4v) is 3.28. The fraction of sp³-hybridized carbons (Fsp3) is 0.929. The summed E-state index contributed by atoms with van der Waals surface area (Å²) >= 11 is 0. The second kappa shape index (κ2) is 4.97. The molecule has 0 saturated heterocycles. The van der Waals surface area contributed by atoms with Crippen LogP contribution in [0.25, 0.3) is 0 Å². The maximum absolute atomic E-state index is 11.7. The summed E-state index contributed by atoms with van der Waals surface area (Å²) < 4.78 is 0. The van der Waals surface area contributed by atoms with Crippen LogP contribution in [0.15, 0.2) is 0 Å². The van der Waals surface area contributed by atoms with Gasteiger partial charge in [0.05, 0.1) is 6.54 Å². The van der Waals surface area contributed by atoms with Gasteiger partial charge in [-0.2, -0.15) is 0 Å². The van der Waals surface area contributed by atoms with Crippen LogP contribution >= 0.6 is 0 Å². The van der Waals surface area contributed by atoms with Crippen molar-refractivity contribution < 1.29 is 4.79 Å². The highest BCUT2D eigenvalue weighted by atomic mass is 16.1. The van der Waals surface area contributed by atoms with Crippen LogP contribution in [0.4, 0.5) is 0 Å². The second-order valence-corrected chi connectivity index (χ2v) is 6.84. The number of hydrogen-bond donors (Lipinski definition) is 2. The van der Waals surface area contributed by atoms with Gasteiger partial charge >= 0.3 is 0 Å². The zero-order valence-electron chi connectivity index (χ0n) is 11.4. The van der Waals surface area contributed by atoms with Gasteiger partial charge in [0, 0.05) is 12.1 Å². The van der Waals surface area contributed by atoms with E-state index in [9.17, 15) is 4.79 Å². The number of nitrogens with one attached hydrogen (secondary N) is 2. The molecule has 0 aromatic carbocycles. The highest BCUT2D eigenvalue weighted by Gasteiger charge is 2.39. The first-order valence-corrected chi connectivity index (χ1v) is 6.96. The molecular weight excluding hydrogens is 212 g/mol. The molecule has 2 fully saturated rings. The minimum absolute atomic E-state index is 0.0176. The summed E-state index contributed by atoms with van der Waals surface area (Å²) in [4.78, 5) is 11.7. The van der Waals surface area contributed by atoms with E-state index in [2.05, 4.69) is 31.4 Å². The molecule has 2 N–H and O–H groups in total. The zero-order valence-corrected chi connectivity index (χ0v) is 11.4. The van der Waals surface area contributed by atoms with Crippen molar-refractivity contribution in [1.82, 2.24) is 10.6 Å². The summed E-state index contributed by atoms with van der Waals surface area (Å²) in [6, 6.07) is 0. The largest absolute Gasteiger partial charge is 0.355 e. The molecule has 2 aliphatic rings. The molecule has 0 aliphatic heterocycles. The Hall–Kier alpha value is -0.570. The molecule has 2 rings (SSSR count). The van der Waals surface area contributed by atoms with Gasteiger partial charge in [0.2, 0.25) is 5.91 Å². The molecule has 0 spiro atoms. The number of amides is 1. The van der Waals surface area contributed by atoms with Gasteiger partial charge in [-0.3, -0.25) is 4.79 Å². The van der Waals surface area contributed by atoms with Crippen molar-refractivity contribution in [1.29, 1.82) is 0 Å². The average molecular weight is 238 g/mol. The summed E-state index contributed by atoms with van der Waals surface area (Å²) in [5, 5.41) is 6.30. The number of carbonyl (C=O) groups is 1. The molecule has 0 aromatic heterocycles.